The van der Waals surface area contributed by atoms with Crippen LogP contribution in [0.25, 0.3) is 0 Å². The number of hydrogen-bond acceptors (Lipinski definition) is 7. The minimum Gasteiger partial charge on any atom is -0.484 e. The molecule has 0 saturated heterocycles. The van der Waals surface area contributed by atoms with Gasteiger partial charge in [0.05, 0.1) is 6.10 Å². The Kier molecular flexibility index (Phi) is 10.2. The minimum absolute atomic E-state index is 0.0338. The molecule has 2 aromatic rings. The van der Waals surface area contributed by atoms with Crippen LogP contribution in [0.5, 0.6) is 11.5 Å². The van der Waals surface area contributed by atoms with Gasteiger partial charge in [0.2, 0.25) is 0 Å². The van der Waals surface area contributed by atoms with Crippen molar-refractivity contribution in [2.75, 3.05) is 26.0 Å². The average Bonchev–Trinajstić information content (AvgIpc) is 2.79. The topological polar surface area (TPSA) is 131 Å². The van der Waals surface area contributed by atoms with Crippen LogP contribution >= 0.6 is 0 Å². The lowest BCUT2D eigenvalue weighted by atomic mass is 10.1. The molecule has 2 rings (SSSR count). The number of amides is 2. The molecule has 0 aliphatic carbocycles. The number of carbonyl (C=O) groups is 2. The van der Waals surface area contributed by atoms with Crippen molar-refractivity contribution in [3.63, 3.8) is 0 Å². The zero-order valence-corrected chi connectivity index (χ0v) is 19.7. The third-order valence-electron chi connectivity index (χ3n) is 4.55. The van der Waals surface area contributed by atoms with E-state index >= 15 is 0 Å². The van der Waals surface area contributed by atoms with Gasteiger partial charge in [-0.25, -0.2) is 17.2 Å². The molecule has 2 aromatic carbocycles. The second kappa shape index (κ2) is 12.8. The Morgan fingerprint density at radius 3 is 2.26 bits per heavy atom. The highest BCUT2D eigenvalue weighted by Gasteiger charge is 2.17. The molecule has 2 atom stereocenters. The number of aliphatic hydroxyl groups excluding tert-OH is 1. The lowest BCUT2D eigenvalue weighted by Crippen LogP contribution is -2.42. The smallest absolute Gasteiger partial charge is 0.258 e. The molecule has 0 aliphatic rings. The lowest BCUT2D eigenvalue weighted by molar-refractivity contribution is -0.124. The number of sulfone groups is 1. The summed E-state index contributed by atoms with van der Waals surface area (Å²) in [5.41, 5.74) is 0. The molecule has 190 valence electrons. The number of rotatable bonds is 13. The van der Waals surface area contributed by atoms with E-state index in [2.05, 4.69) is 17.2 Å². The van der Waals surface area contributed by atoms with Crippen LogP contribution in [0.3, 0.4) is 0 Å². The van der Waals surface area contributed by atoms with Crippen LogP contribution < -0.4 is 20.1 Å². The first-order valence-electron chi connectivity index (χ1n) is 10.4. The van der Waals surface area contributed by atoms with Crippen molar-refractivity contribution >= 4 is 21.7 Å². The summed E-state index contributed by atoms with van der Waals surface area (Å²) in [6.45, 7) is 2.65. The normalized spacial score (nSPS) is 12.8. The Bertz CT molecular complexity index is 1140. The maximum absolute atomic E-state index is 13.9. The van der Waals surface area contributed by atoms with Crippen molar-refractivity contribution in [3.8, 4) is 11.5 Å². The van der Waals surface area contributed by atoms with Gasteiger partial charge >= 0.3 is 0 Å². The molecule has 35 heavy (non-hydrogen) atoms. The molecule has 3 N–H and O–H groups in total. The van der Waals surface area contributed by atoms with Crippen molar-refractivity contribution in [2.24, 2.45) is 0 Å². The number of ether oxygens (including phenoxy) is 2. The number of hydrogen-bond donors (Lipinski definition) is 3. The van der Waals surface area contributed by atoms with Gasteiger partial charge < -0.3 is 25.2 Å². The number of halogens is 2. The molecule has 0 bridgehead atoms. The van der Waals surface area contributed by atoms with Gasteiger partial charge in [0.1, 0.15) is 28.0 Å². The van der Waals surface area contributed by atoms with Crippen LogP contribution in [-0.4, -0.2) is 63.5 Å². The first kappa shape index (κ1) is 27.7. The van der Waals surface area contributed by atoms with Crippen LogP contribution in [0.1, 0.15) is 6.42 Å². The van der Waals surface area contributed by atoms with Crippen LogP contribution in [0.4, 0.5) is 8.78 Å². The Morgan fingerprint density at radius 1 is 1.06 bits per heavy atom. The second-order valence-electron chi connectivity index (χ2n) is 7.50. The fourth-order valence-electron chi connectivity index (χ4n) is 2.82. The Labute approximate surface area is 201 Å². The Hall–Kier alpha value is -3.51. The van der Waals surface area contributed by atoms with Gasteiger partial charge in [-0.05, 0) is 42.8 Å². The van der Waals surface area contributed by atoms with Crippen LogP contribution in [0.15, 0.2) is 60.0 Å². The molecular weight excluding hydrogens is 486 g/mol. The van der Waals surface area contributed by atoms with E-state index in [0.717, 1.165) is 18.4 Å². The van der Waals surface area contributed by atoms with Gasteiger partial charge in [-0.15, -0.1) is 6.58 Å². The van der Waals surface area contributed by atoms with Gasteiger partial charge in [-0.1, -0.05) is 6.08 Å². The third kappa shape index (κ3) is 9.71. The van der Waals surface area contributed by atoms with Crippen LogP contribution in [-0.2, 0) is 19.4 Å². The molecule has 12 heteroatoms. The maximum Gasteiger partial charge on any atom is 0.258 e. The zero-order valence-electron chi connectivity index (χ0n) is 18.9. The van der Waals surface area contributed by atoms with Crippen LogP contribution in [0.2, 0.25) is 0 Å². The van der Waals surface area contributed by atoms with Gasteiger partial charge in [-0.2, -0.15) is 0 Å². The molecule has 0 spiro atoms. The summed E-state index contributed by atoms with van der Waals surface area (Å²) < 4.78 is 60.0. The van der Waals surface area contributed by atoms with Crippen molar-refractivity contribution in [1.29, 1.82) is 0 Å². The van der Waals surface area contributed by atoms with Gasteiger partial charge in [0.15, 0.2) is 23.1 Å². The summed E-state index contributed by atoms with van der Waals surface area (Å²) >= 11 is 0. The highest BCUT2D eigenvalue weighted by atomic mass is 32.2. The SMILES string of the molecule is C=CC(C[C@H](O)CNC(=O)COc1ccc(F)cc1)NC(=O)COc1ccc(S(C)(=O)=O)c(F)c1. The summed E-state index contributed by atoms with van der Waals surface area (Å²) in [6, 6.07) is 7.61. The lowest BCUT2D eigenvalue weighted by Gasteiger charge is -2.19. The van der Waals surface area contributed by atoms with E-state index in [-0.39, 0.29) is 25.3 Å². The maximum atomic E-state index is 13.9. The molecule has 0 aliphatic heterocycles. The van der Waals surface area contributed by atoms with Crippen molar-refractivity contribution in [1.82, 2.24) is 10.6 Å². The average molecular weight is 513 g/mol. The molecule has 0 heterocycles. The van der Waals surface area contributed by atoms with E-state index in [1.807, 2.05) is 0 Å². The van der Waals surface area contributed by atoms with E-state index in [9.17, 15) is 31.9 Å². The summed E-state index contributed by atoms with van der Waals surface area (Å²) in [6.07, 6.45) is 1.27. The van der Waals surface area contributed by atoms with Crippen molar-refractivity contribution in [2.45, 2.75) is 23.5 Å². The van der Waals surface area contributed by atoms with E-state index < -0.39 is 56.9 Å². The highest BCUT2D eigenvalue weighted by molar-refractivity contribution is 7.90. The quantitative estimate of drug-likeness (QED) is 0.346. The number of nitrogens with one attached hydrogen (secondary N) is 2. The summed E-state index contributed by atoms with van der Waals surface area (Å²) in [7, 11) is -3.73. The molecule has 0 aromatic heterocycles. The van der Waals surface area contributed by atoms with Crippen molar-refractivity contribution in [3.05, 3.63) is 66.8 Å². The Morgan fingerprint density at radius 2 is 1.66 bits per heavy atom. The summed E-state index contributed by atoms with van der Waals surface area (Å²) in [4.78, 5) is 23.5. The summed E-state index contributed by atoms with van der Waals surface area (Å²) in [5, 5.41) is 15.2. The second-order valence-corrected chi connectivity index (χ2v) is 9.48. The van der Waals surface area contributed by atoms with E-state index in [0.29, 0.717) is 5.75 Å². The molecule has 0 radical (unpaired) electrons. The monoisotopic (exact) mass is 512 g/mol. The zero-order chi connectivity index (χ0) is 26.0. The fourth-order valence-corrected chi connectivity index (χ4v) is 3.55. The molecule has 0 saturated carbocycles. The first-order valence-corrected chi connectivity index (χ1v) is 12.2. The summed E-state index contributed by atoms with van der Waals surface area (Å²) in [5.74, 6) is -2.25. The number of carbonyl (C=O) groups excluding carboxylic acids is 2. The van der Waals surface area contributed by atoms with Crippen molar-refractivity contribution < 1.29 is 41.4 Å². The van der Waals surface area contributed by atoms with Gasteiger partial charge in [0, 0.05) is 24.9 Å². The minimum atomic E-state index is -3.73. The molecule has 1 unspecified atom stereocenters. The largest absolute Gasteiger partial charge is 0.484 e. The fraction of sp³-hybridized carbons (Fsp3) is 0.304. The van der Waals surface area contributed by atoms with Crippen LogP contribution in [0, 0.1) is 11.6 Å². The third-order valence-corrected chi connectivity index (χ3v) is 5.68. The van der Waals surface area contributed by atoms with Gasteiger partial charge in [-0.3, -0.25) is 9.59 Å². The van der Waals surface area contributed by atoms with E-state index in [1.165, 1.54) is 36.4 Å². The predicted octanol–water partition coefficient (Wildman–Crippen LogP) is 1.36. The number of benzene rings is 2. The molecule has 2 amide bonds. The van der Waals surface area contributed by atoms with Gasteiger partial charge in [0.25, 0.3) is 11.8 Å². The highest BCUT2D eigenvalue weighted by Crippen LogP contribution is 2.20. The van der Waals surface area contributed by atoms with E-state index in [1.54, 1.807) is 0 Å². The first-order chi connectivity index (χ1) is 16.5. The molecule has 0 fully saturated rings. The predicted molar refractivity (Wildman–Crippen MR) is 123 cm³/mol. The molecule has 9 nitrogen and oxygen atoms in total. The number of aliphatic hydroxyl groups is 1. The van der Waals surface area contributed by atoms with E-state index in [4.69, 9.17) is 9.47 Å². The standard InChI is InChI=1S/C23H26F2N2O7S/c1-3-16(10-17(28)12-26-22(29)13-33-18-6-4-15(24)5-7-18)27-23(30)14-34-19-8-9-21(20(25)11-19)35(2,31)32/h3-9,11,16-17,28H,1,10,12-14H2,2H3,(H,26,29)(H,27,30)/t16?,17-/m0/s1. The Balaban J connectivity index is 1.73. The molecular formula is C23H26F2N2O7S.